The van der Waals surface area contributed by atoms with Crippen LogP contribution in [0.15, 0.2) is 17.0 Å². The molecule has 0 amide bonds. The molecule has 0 saturated carbocycles. The van der Waals surface area contributed by atoms with E-state index >= 15 is 0 Å². The fourth-order valence-electron chi connectivity index (χ4n) is 2.00. The van der Waals surface area contributed by atoms with Gasteiger partial charge in [0.25, 0.3) is 0 Å². The number of phenols is 1. The highest BCUT2D eigenvalue weighted by atomic mass is 32.2. The second kappa shape index (κ2) is 6.42. The van der Waals surface area contributed by atoms with Gasteiger partial charge in [0.15, 0.2) is 0 Å². The van der Waals surface area contributed by atoms with Crippen molar-refractivity contribution in [2.24, 2.45) is 0 Å². The van der Waals surface area contributed by atoms with Gasteiger partial charge in [-0.1, -0.05) is 0 Å². The van der Waals surface area contributed by atoms with Crippen LogP contribution in [0.25, 0.3) is 0 Å². The van der Waals surface area contributed by atoms with Gasteiger partial charge >= 0.3 is 5.97 Å². The molecule has 0 aliphatic heterocycles. The topological polar surface area (TPSA) is 115 Å². The normalized spacial score (nSPS) is 12.1. The van der Waals surface area contributed by atoms with Crippen molar-refractivity contribution in [3.63, 3.8) is 0 Å². The van der Waals surface area contributed by atoms with Crippen molar-refractivity contribution in [2.45, 2.75) is 31.7 Å². The highest BCUT2D eigenvalue weighted by Crippen LogP contribution is 2.28. The zero-order valence-electron chi connectivity index (χ0n) is 12.1. The Kier molecular flexibility index (Phi) is 5.32. The summed E-state index contributed by atoms with van der Waals surface area (Å²) in [6, 6.07) is 1.65. The first kappa shape index (κ1) is 17.4. The van der Waals surface area contributed by atoms with E-state index in [1.165, 1.54) is 6.92 Å². The Hall–Kier alpha value is -1.64. The molecule has 118 valence electrons. The summed E-state index contributed by atoms with van der Waals surface area (Å²) in [7, 11) is -3.97. The number of aromatic hydroxyl groups is 1. The molecule has 0 aliphatic rings. The van der Waals surface area contributed by atoms with Crippen molar-refractivity contribution >= 4 is 16.0 Å². The quantitative estimate of drug-likeness (QED) is 0.714. The van der Waals surface area contributed by atoms with Crippen molar-refractivity contribution in [1.29, 1.82) is 0 Å². The molecule has 0 unspecified atom stereocenters. The lowest BCUT2D eigenvalue weighted by Crippen LogP contribution is -2.39. The Morgan fingerprint density at radius 3 is 2.33 bits per heavy atom. The summed E-state index contributed by atoms with van der Waals surface area (Å²) in [6.07, 6.45) is 0. The van der Waals surface area contributed by atoms with Crippen molar-refractivity contribution in [3.8, 4) is 5.75 Å². The lowest BCUT2D eigenvalue weighted by atomic mass is 10.1. The van der Waals surface area contributed by atoms with E-state index in [-0.39, 0.29) is 23.6 Å². The monoisotopic (exact) mass is 317 g/mol. The molecular formula is C13H19NO6S. The van der Waals surface area contributed by atoms with Crippen LogP contribution in [0.2, 0.25) is 0 Å². The van der Waals surface area contributed by atoms with E-state index < -0.39 is 33.3 Å². The number of hydrogen-bond donors (Lipinski definition) is 3. The summed E-state index contributed by atoms with van der Waals surface area (Å²) in [5.41, 5.74) is -0.243. The Morgan fingerprint density at radius 1 is 1.33 bits per heavy atom. The first-order valence-corrected chi connectivity index (χ1v) is 7.76. The van der Waals surface area contributed by atoms with Crippen LogP contribution in [-0.4, -0.2) is 53.2 Å². The van der Waals surface area contributed by atoms with Gasteiger partial charge in [-0.25, -0.2) is 13.2 Å². The van der Waals surface area contributed by atoms with E-state index in [1.807, 2.05) is 0 Å². The van der Waals surface area contributed by atoms with Gasteiger partial charge in [-0.3, -0.25) is 0 Å². The first-order valence-electron chi connectivity index (χ1n) is 6.32. The van der Waals surface area contributed by atoms with E-state index in [0.29, 0.717) is 0 Å². The molecule has 0 saturated heterocycles. The van der Waals surface area contributed by atoms with Crippen molar-refractivity contribution in [2.75, 3.05) is 13.2 Å². The fourth-order valence-corrected chi connectivity index (χ4v) is 3.87. The lowest BCUT2D eigenvalue weighted by Gasteiger charge is -2.26. The number of carboxylic acid groups (broad SMARTS) is 1. The number of aliphatic hydroxyl groups is 1. The predicted octanol–water partition coefficient (Wildman–Crippen LogP) is 0.790. The Labute approximate surface area is 123 Å². The van der Waals surface area contributed by atoms with Crippen molar-refractivity contribution < 1.29 is 28.5 Å². The molecule has 0 radical (unpaired) electrons. The molecule has 0 spiro atoms. The van der Waals surface area contributed by atoms with Gasteiger partial charge in [-0.05, 0) is 38.5 Å². The van der Waals surface area contributed by atoms with Crippen LogP contribution in [0, 0.1) is 6.92 Å². The summed E-state index contributed by atoms with van der Waals surface area (Å²) >= 11 is 0. The summed E-state index contributed by atoms with van der Waals surface area (Å²) in [5.74, 6) is -1.90. The van der Waals surface area contributed by atoms with E-state index in [9.17, 15) is 18.3 Å². The molecule has 0 heterocycles. The highest BCUT2D eigenvalue weighted by Gasteiger charge is 2.29. The third kappa shape index (κ3) is 3.52. The molecule has 0 aliphatic carbocycles. The molecule has 0 aromatic heterocycles. The van der Waals surface area contributed by atoms with E-state index in [0.717, 1.165) is 16.4 Å². The highest BCUT2D eigenvalue weighted by molar-refractivity contribution is 7.89. The number of hydrogen-bond acceptors (Lipinski definition) is 5. The number of aryl methyl sites for hydroxylation is 1. The van der Waals surface area contributed by atoms with Crippen LogP contribution in [-0.2, 0) is 10.0 Å². The van der Waals surface area contributed by atoms with Gasteiger partial charge in [0.1, 0.15) is 11.3 Å². The molecule has 3 N–H and O–H groups in total. The van der Waals surface area contributed by atoms with Gasteiger partial charge in [0, 0.05) is 12.6 Å². The summed E-state index contributed by atoms with van der Waals surface area (Å²) in [5, 5.41) is 27.6. The van der Waals surface area contributed by atoms with Gasteiger partial charge in [-0.15, -0.1) is 0 Å². The minimum absolute atomic E-state index is 0.0945. The average molecular weight is 317 g/mol. The summed E-state index contributed by atoms with van der Waals surface area (Å²) < 4.78 is 26.3. The molecule has 1 aromatic carbocycles. The number of aromatic carboxylic acids is 1. The molecule has 0 atom stereocenters. The standard InChI is InChI=1S/C13H19NO6S/c1-8(2)14(4-5-15)21(19,20)12-7-10(13(17)18)11(16)6-9(12)3/h6-8,15-16H,4-5H2,1-3H3,(H,17,18). The van der Waals surface area contributed by atoms with E-state index in [2.05, 4.69) is 0 Å². The van der Waals surface area contributed by atoms with Gasteiger partial charge in [-0.2, -0.15) is 4.31 Å². The fraction of sp³-hybridized carbons (Fsp3) is 0.462. The maximum Gasteiger partial charge on any atom is 0.339 e. The Morgan fingerprint density at radius 2 is 1.90 bits per heavy atom. The maximum atomic E-state index is 12.6. The largest absolute Gasteiger partial charge is 0.507 e. The number of nitrogens with zero attached hydrogens (tertiary/aromatic N) is 1. The SMILES string of the molecule is Cc1cc(O)c(C(=O)O)cc1S(=O)(=O)N(CCO)C(C)C. The van der Waals surface area contributed by atoms with E-state index in [4.69, 9.17) is 10.2 Å². The number of carbonyl (C=O) groups is 1. The average Bonchev–Trinajstić information content (AvgIpc) is 2.34. The second-order valence-electron chi connectivity index (χ2n) is 4.87. The van der Waals surface area contributed by atoms with Crippen molar-refractivity contribution in [1.82, 2.24) is 4.31 Å². The number of benzene rings is 1. The maximum absolute atomic E-state index is 12.6. The van der Waals surface area contributed by atoms with E-state index in [1.54, 1.807) is 13.8 Å². The molecule has 1 rings (SSSR count). The van der Waals surface area contributed by atoms with Crippen LogP contribution in [0.5, 0.6) is 5.75 Å². The van der Waals surface area contributed by atoms with Crippen LogP contribution in [0.3, 0.4) is 0 Å². The van der Waals surface area contributed by atoms with Gasteiger partial charge in [0.2, 0.25) is 10.0 Å². The minimum atomic E-state index is -3.97. The molecule has 7 nitrogen and oxygen atoms in total. The van der Waals surface area contributed by atoms with Gasteiger partial charge in [0.05, 0.1) is 11.5 Å². The third-order valence-electron chi connectivity index (χ3n) is 3.01. The number of carboxylic acids is 1. The summed E-state index contributed by atoms with van der Waals surface area (Å²) in [4.78, 5) is 10.8. The second-order valence-corrected chi connectivity index (χ2v) is 6.73. The molecule has 0 bridgehead atoms. The Balaban J connectivity index is 3.50. The lowest BCUT2D eigenvalue weighted by molar-refractivity contribution is 0.0693. The smallest absolute Gasteiger partial charge is 0.339 e. The van der Waals surface area contributed by atoms with Crippen LogP contribution >= 0.6 is 0 Å². The number of rotatable bonds is 6. The van der Waals surface area contributed by atoms with Crippen LogP contribution < -0.4 is 0 Å². The molecular weight excluding hydrogens is 298 g/mol. The Bertz CT molecular complexity index is 638. The first-order chi connectivity index (χ1) is 9.62. The molecule has 8 heteroatoms. The molecule has 21 heavy (non-hydrogen) atoms. The number of sulfonamides is 1. The molecule has 0 fully saturated rings. The third-order valence-corrected chi connectivity index (χ3v) is 5.22. The molecule has 1 aromatic rings. The van der Waals surface area contributed by atoms with Crippen LogP contribution in [0.1, 0.15) is 29.8 Å². The minimum Gasteiger partial charge on any atom is -0.507 e. The number of aliphatic hydroxyl groups excluding tert-OH is 1. The zero-order chi connectivity index (χ0) is 16.4. The summed E-state index contributed by atoms with van der Waals surface area (Å²) in [6.45, 7) is 4.33. The van der Waals surface area contributed by atoms with Crippen molar-refractivity contribution in [3.05, 3.63) is 23.3 Å². The van der Waals surface area contributed by atoms with Gasteiger partial charge < -0.3 is 15.3 Å². The predicted molar refractivity (Wildman–Crippen MR) is 75.9 cm³/mol. The van der Waals surface area contributed by atoms with Crippen LogP contribution in [0.4, 0.5) is 0 Å². The zero-order valence-corrected chi connectivity index (χ0v) is 12.9.